The van der Waals surface area contributed by atoms with E-state index in [2.05, 4.69) is 4.90 Å². The number of aliphatic hydroxyl groups is 1. The summed E-state index contributed by atoms with van der Waals surface area (Å²) >= 11 is 0. The van der Waals surface area contributed by atoms with Crippen LogP contribution < -0.4 is 0 Å². The van der Waals surface area contributed by atoms with E-state index in [1.165, 1.54) is 0 Å². The van der Waals surface area contributed by atoms with E-state index >= 15 is 0 Å². The molecule has 0 fully saturated rings. The average Bonchev–Trinajstić information content (AvgIpc) is 2.37. The van der Waals surface area contributed by atoms with Crippen LogP contribution in [0.15, 0.2) is 18.2 Å². The third kappa shape index (κ3) is 2.71. The third-order valence-electron chi connectivity index (χ3n) is 3.46. The highest BCUT2D eigenvalue weighted by atomic mass is 16.4. The molecule has 0 amide bonds. The van der Waals surface area contributed by atoms with Crippen molar-refractivity contribution in [3.63, 3.8) is 0 Å². The first-order valence-electron chi connectivity index (χ1n) is 6.29. The first-order valence-corrected chi connectivity index (χ1v) is 6.29. The topological polar surface area (TPSA) is 60.8 Å². The second kappa shape index (κ2) is 5.50. The Morgan fingerprint density at radius 1 is 1.50 bits per heavy atom. The molecule has 2 N–H and O–H groups in total. The lowest BCUT2D eigenvalue weighted by Gasteiger charge is -2.31. The molecule has 18 heavy (non-hydrogen) atoms. The predicted molar refractivity (Wildman–Crippen MR) is 68.6 cm³/mol. The SMILES string of the molecule is CC(CO)CN1CCc2c(cccc2C(=O)O)C1. The first kappa shape index (κ1) is 13.1. The van der Waals surface area contributed by atoms with E-state index < -0.39 is 5.97 Å². The van der Waals surface area contributed by atoms with Gasteiger partial charge in [-0.2, -0.15) is 0 Å². The van der Waals surface area contributed by atoms with E-state index in [9.17, 15) is 4.79 Å². The number of benzene rings is 1. The lowest BCUT2D eigenvalue weighted by atomic mass is 9.94. The van der Waals surface area contributed by atoms with E-state index in [1.54, 1.807) is 12.1 Å². The van der Waals surface area contributed by atoms with E-state index in [-0.39, 0.29) is 12.5 Å². The molecule has 1 atom stereocenters. The van der Waals surface area contributed by atoms with Gasteiger partial charge in [0.25, 0.3) is 0 Å². The normalized spacial score (nSPS) is 17.2. The zero-order chi connectivity index (χ0) is 13.1. The number of fused-ring (bicyclic) bond motifs is 1. The smallest absolute Gasteiger partial charge is 0.335 e. The third-order valence-corrected chi connectivity index (χ3v) is 3.46. The Bertz CT molecular complexity index is 445. The fourth-order valence-corrected chi connectivity index (χ4v) is 2.52. The van der Waals surface area contributed by atoms with Gasteiger partial charge in [0.05, 0.1) is 5.56 Å². The van der Waals surface area contributed by atoms with Crippen LogP contribution in [-0.4, -0.2) is 40.8 Å². The zero-order valence-electron chi connectivity index (χ0n) is 10.6. The maximum Gasteiger partial charge on any atom is 0.335 e. The molecule has 0 aliphatic carbocycles. The van der Waals surface area contributed by atoms with Crippen molar-refractivity contribution in [2.75, 3.05) is 19.7 Å². The molecule has 1 heterocycles. The molecular formula is C14H19NO3. The maximum absolute atomic E-state index is 11.1. The van der Waals surface area contributed by atoms with Gasteiger partial charge in [-0.1, -0.05) is 19.1 Å². The van der Waals surface area contributed by atoms with Crippen molar-refractivity contribution in [3.05, 3.63) is 34.9 Å². The summed E-state index contributed by atoms with van der Waals surface area (Å²) in [5.41, 5.74) is 2.51. The Balaban J connectivity index is 2.15. The van der Waals surface area contributed by atoms with Gasteiger partial charge in [0.1, 0.15) is 0 Å². The van der Waals surface area contributed by atoms with Crippen LogP contribution in [0.5, 0.6) is 0 Å². The molecule has 0 radical (unpaired) electrons. The summed E-state index contributed by atoms with van der Waals surface area (Å²) in [6.07, 6.45) is 0.774. The first-order chi connectivity index (χ1) is 8.61. The highest BCUT2D eigenvalue weighted by Gasteiger charge is 2.21. The molecule has 0 saturated heterocycles. The molecule has 2 rings (SSSR count). The molecule has 98 valence electrons. The standard InChI is InChI=1S/C14H19NO3/c1-10(9-16)7-15-6-5-12-11(8-15)3-2-4-13(12)14(17)18/h2-4,10,16H,5-9H2,1H3,(H,17,18). The van der Waals surface area contributed by atoms with Crippen molar-refractivity contribution in [2.45, 2.75) is 19.9 Å². The van der Waals surface area contributed by atoms with Crippen molar-refractivity contribution >= 4 is 5.97 Å². The molecule has 0 saturated carbocycles. The minimum atomic E-state index is -0.843. The Morgan fingerprint density at radius 2 is 2.28 bits per heavy atom. The molecule has 4 heteroatoms. The van der Waals surface area contributed by atoms with Crippen LogP contribution in [0.4, 0.5) is 0 Å². The number of carboxylic acids is 1. The van der Waals surface area contributed by atoms with E-state index in [0.717, 1.165) is 37.2 Å². The molecule has 0 spiro atoms. The van der Waals surface area contributed by atoms with Crippen LogP contribution in [0.25, 0.3) is 0 Å². The van der Waals surface area contributed by atoms with E-state index in [0.29, 0.717) is 5.56 Å². The quantitative estimate of drug-likeness (QED) is 0.846. The van der Waals surface area contributed by atoms with Crippen LogP contribution in [0.2, 0.25) is 0 Å². The number of aliphatic hydroxyl groups excluding tert-OH is 1. The van der Waals surface area contributed by atoms with Crippen molar-refractivity contribution in [3.8, 4) is 0 Å². The van der Waals surface area contributed by atoms with Crippen LogP contribution in [0, 0.1) is 5.92 Å². The van der Waals surface area contributed by atoms with Crippen molar-refractivity contribution < 1.29 is 15.0 Å². The molecule has 1 aromatic rings. The second-order valence-electron chi connectivity index (χ2n) is 5.02. The summed E-state index contributed by atoms with van der Waals surface area (Å²) in [5.74, 6) is -0.585. The van der Waals surface area contributed by atoms with E-state index in [1.807, 2.05) is 13.0 Å². The van der Waals surface area contributed by atoms with Gasteiger partial charge < -0.3 is 10.2 Å². The molecule has 0 bridgehead atoms. The summed E-state index contributed by atoms with van der Waals surface area (Å²) in [7, 11) is 0. The number of carbonyl (C=O) groups is 1. The molecule has 1 aliphatic rings. The highest BCUT2D eigenvalue weighted by Crippen LogP contribution is 2.23. The Kier molecular flexibility index (Phi) is 3.99. The monoisotopic (exact) mass is 249 g/mol. The minimum Gasteiger partial charge on any atom is -0.478 e. The Hall–Kier alpha value is -1.39. The molecule has 4 nitrogen and oxygen atoms in total. The summed E-state index contributed by atoms with van der Waals surface area (Å²) < 4.78 is 0. The Morgan fingerprint density at radius 3 is 2.94 bits per heavy atom. The lowest BCUT2D eigenvalue weighted by molar-refractivity contribution is 0.0694. The summed E-state index contributed by atoms with van der Waals surface area (Å²) in [6, 6.07) is 5.48. The van der Waals surface area contributed by atoms with Crippen LogP contribution in [0.1, 0.15) is 28.4 Å². The Labute approximate surface area is 107 Å². The van der Waals surface area contributed by atoms with Crippen LogP contribution in [0.3, 0.4) is 0 Å². The number of carboxylic acid groups (broad SMARTS) is 1. The van der Waals surface area contributed by atoms with Gasteiger partial charge >= 0.3 is 5.97 Å². The molecule has 1 unspecified atom stereocenters. The fourth-order valence-electron chi connectivity index (χ4n) is 2.52. The van der Waals surface area contributed by atoms with Gasteiger partial charge in [0.15, 0.2) is 0 Å². The zero-order valence-corrected chi connectivity index (χ0v) is 10.6. The number of rotatable bonds is 4. The van der Waals surface area contributed by atoms with Crippen LogP contribution >= 0.6 is 0 Å². The molecular weight excluding hydrogens is 230 g/mol. The molecule has 1 aromatic carbocycles. The van der Waals surface area contributed by atoms with Gasteiger partial charge in [0.2, 0.25) is 0 Å². The summed E-state index contributed by atoms with van der Waals surface area (Å²) in [4.78, 5) is 13.4. The second-order valence-corrected chi connectivity index (χ2v) is 5.02. The van der Waals surface area contributed by atoms with Crippen molar-refractivity contribution in [2.24, 2.45) is 5.92 Å². The number of hydrogen-bond acceptors (Lipinski definition) is 3. The summed E-state index contributed by atoms with van der Waals surface area (Å²) in [5, 5.41) is 18.2. The van der Waals surface area contributed by atoms with Crippen LogP contribution in [-0.2, 0) is 13.0 Å². The number of nitrogens with zero attached hydrogens (tertiary/aromatic N) is 1. The van der Waals surface area contributed by atoms with Crippen molar-refractivity contribution in [1.29, 1.82) is 0 Å². The predicted octanol–water partition coefficient (Wildman–Crippen LogP) is 1.37. The van der Waals surface area contributed by atoms with E-state index in [4.69, 9.17) is 10.2 Å². The highest BCUT2D eigenvalue weighted by molar-refractivity contribution is 5.89. The summed E-state index contributed by atoms with van der Waals surface area (Å²) in [6.45, 7) is 4.71. The lowest BCUT2D eigenvalue weighted by Crippen LogP contribution is -2.35. The number of aromatic carboxylic acids is 1. The maximum atomic E-state index is 11.1. The number of hydrogen-bond donors (Lipinski definition) is 2. The minimum absolute atomic E-state index is 0.193. The molecule has 1 aliphatic heterocycles. The average molecular weight is 249 g/mol. The van der Waals surface area contributed by atoms with Gasteiger partial charge in [-0.3, -0.25) is 4.90 Å². The molecule has 0 aromatic heterocycles. The van der Waals surface area contributed by atoms with Crippen molar-refractivity contribution in [1.82, 2.24) is 4.90 Å². The van der Waals surface area contributed by atoms with Gasteiger partial charge in [-0.15, -0.1) is 0 Å². The van der Waals surface area contributed by atoms with Gasteiger partial charge in [-0.25, -0.2) is 4.79 Å². The van der Waals surface area contributed by atoms with Gasteiger partial charge in [-0.05, 0) is 29.5 Å². The largest absolute Gasteiger partial charge is 0.478 e. The fraction of sp³-hybridized carbons (Fsp3) is 0.500. The van der Waals surface area contributed by atoms with Gasteiger partial charge in [0, 0.05) is 26.2 Å².